The Hall–Kier alpha value is -1.24. The molecule has 0 bridgehead atoms. The summed E-state index contributed by atoms with van der Waals surface area (Å²) in [4.78, 5) is 14.2. The van der Waals surface area contributed by atoms with Crippen LogP contribution in [-0.2, 0) is 11.2 Å². The maximum Gasteiger partial charge on any atom is 0.132 e. The first-order chi connectivity index (χ1) is 12.5. The van der Waals surface area contributed by atoms with Crippen LogP contribution in [0.4, 0.5) is 5.82 Å². The summed E-state index contributed by atoms with van der Waals surface area (Å²) in [5, 5.41) is 9.93. The summed E-state index contributed by atoms with van der Waals surface area (Å²) in [6.45, 7) is 13.5. The van der Waals surface area contributed by atoms with Crippen LogP contribution in [-0.4, -0.2) is 71.5 Å². The predicted molar refractivity (Wildman–Crippen MR) is 103 cm³/mol. The summed E-state index contributed by atoms with van der Waals surface area (Å²) in [7, 11) is 0. The number of hydrogen-bond acceptors (Lipinski definition) is 6. The van der Waals surface area contributed by atoms with E-state index >= 15 is 0 Å². The summed E-state index contributed by atoms with van der Waals surface area (Å²) in [5.74, 6) is 2.71. The summed E-state index contributed by atoms with van der Waals surface area (Å²) in [5.41, 5.74) is 1.03. The number of aryl methyl sites for hydroxylation is 2. The van der Waals surface area contributed by atoms with Crippen LogP contribution in [0.2, 0.25) is 0 Å². The fourth-order valence-corrected chi connectivity index (χ4v) is 4.41. The van der Waals surface area contributed by atoms with Crippen molar-refractivity contribution in [3.05, 3.63) is 17.6 Å². The topological polar surface area (TPSA) is 61.7 Å². The van der Waals surface area contributed by atoms with E-state index in [0.717, 1.165) is 62.9 Å². The van der Waals surface area contributed by atoms with Crippen molar-refractivity contribution in [3.63, 3.8) is 0 Å². The third-order valence-corrected chi connectivity index (χ3v) is 5.48. The fourth-order valence-electron chi connectivity index (χ4n) is 4.41. The minimum absolute atomic E-state index is 0.239. The number of aromatic nitrogens is 2. The summed E-state index contributed by atoms with van der Waals surface area (Å²) < 4.78 is 5.86. The highest BCUT2D eigenvalue weighted by atomic mass is 16.5. The highest BCUT2D eigenvalue weighted by Gasteiger charge is 2.35. The van der Waals surface area contributed by atoms with Crippen LogP contribution in [0.15, 0.2) is 6.07 Å². The van der Waals surface area contributed by atoms with Crippen LogP contribution in [0.1, 0.15) is 38.7 Å². The summed E-state index contributed by atoms with van der Waals surface area (Å²) in [6.07, 6.45) is 2.53. The molecule has 26 heavy (non-hydrogen) atoms. The van der Waals surface area contributed by atoms with E-state index in [0.29, 0.717) is 11.8 Å². The van der Waals surface area contributed by atoms with Gasteiger partial charge in [0.25, 0.3) is 0 Å². The van der Waals surface area contributed by atoms with E-state index in [1.807, 2.05) is 6.92 Å². The zero-order valence-electron chi connectivity index (χ0n) is 16.7. The lowest BCUT2D eigenvalue weighted by Crippen LogP contribution is -2.48. The minimum atomic E-state index is 0.239. The number of nitrogens with zero attached hydrogens (tertiary/aromatic N) is 4. The van der Waals surface area contributed by atoms with Crippen LogP contribution in [0, 0.1) is 18.8 Å². The molecule has 1 aromatic heterocycles. The average molecular weight is 363 g/mol. The highest BCUT2D eigenvalue weighted by molar-refractivity contribution is 5.41. The molecule has 146 valence electrons. The molecule has 2 aliphatic rings. The number of morpholine rings is 1. The standard InChI is InChI=1S/C20H34N4O2/c1-5-6-19-21-14(2)7-20(22-19)24-11-17(18(12-24)13-25)10-23-8-15(3)26-16(4)9-23/h7,15-18,25H,5-6,8-13H2,1-4H3/t15-,16+,17-,18-/m1/s1. The monoisotopic (exact) mass is 362 g/mol. The van der Waals surface area contributed by atoms with Gasteiger partial charge in [-0.25, -0.2) is 9.97 Å². The molecule has 6 nitrogen and oxygen atoms in total. The second kappa shape index (κ2) is 8.63. The number of aliphatic hydroxyl groups excluding tert-OH is 1. The van der Waals surface area contributed by atoms with Crippen molar-refractivity contribution in [2.75, 3.05) is 44.2 Å². The van der Waals surface area contributed by atoms with Gasteiger partial charge in [0, 0.05) is 63.4 Å². The smallest absolute Gasteiger partial charge is 0.132 e. The van der Waals surface area contributed by atoms with Crippen molar-refractivity contribution in [2.45, 2.75) is 52.7 Å². The molecule has 2 fully saturated rings. The first-order valence-electron chi connectivity index (χ1n) is 10.1. The molecule has 3 heterocycles. The average Bonchev–Trinajstić information content (AvgIpc) is 2.96. The molecule has 0 radical (unpaired) electrons. The number of hydrogen-bond donors (Lipinski definition) is 1. The maximum absolute atomic E-state index is 9.93. The maximum atomic E-state index is 9.93. The third-order valence-electron chi connectivity index (χ3n) is 5.48. The number of ether oxygens (including phenoxy) is 1. The molecule has 0 unspecified atom stereocenters. The Morgan fingerprint density at radius 3 is 2.46 bits per heavy atom. The van der Waals surface area contributed by atoms with E-state index in [1.54, 1.807) is 0 Å². The SMILES string of the molecule is CCCc1nc(C)cc(N2C[C@@H](CN3C[C@@H](C)O[C@@H](C)C3)[C@@H](CO)C2)n1. The Kier molecular flexibility index (Phi) is 6.48. The Morgan fingerprint density at radius 2 is 1.81 bits per heavy atom. The lowest BCUT2D eigenvalue weighted by Gasteiger charge is -2.37. The largest absolute Gasteiger partial charge is 0.396 e. The molecule has 3 rings (SSSR count). The number of aliphatic hydroxyl groups is 1. The molecule has 0 aromatic carbocycles. The van der Waals surface area contributed by atoms with E-state index in [1.165, 1.54) is 0 Å². The number of rotatable bonds is 6. The van der Waals surface area contributed by atoms with Crippen molar-refractivity contribution >= 4 is 5.82 Å². The molecule has 1 aromatic rings. The third kappa shape index (κ3) is 4.72. The van der Waals surface area contributed by atoms with Gasteiger partial charge in [0.2, 0.25) is 0 Å². The zero-order valence-corrected chi connectivity index (χ0v) is 16.7. The van der Waals surface area contributed by atoms with Gasteiger partial charge in [-0.3, -0.25) is 4.90 Å². The van der Waals surface area contributed by atoms with Gasteiger partial charge in [-0.1, -0.05) is 6.92 Å². The van der Waals surface area contributed by atoms with Gasteiger partial charge in [0.1, 0.15) is 11.6 Å². The van der Waals surface area contributed by atoms with Crippen molar-refractivity contribution < 1.29 is 9.84 Å². The Bertz CT molecular complexity index is 587. The first kappa shape index (κ1) is 19.5. The minimum Gasteiger partial charge on any atom is -0.396 e. The molecule has 6 heteroatoms. The molecular formula is C20H34N4O2. The molecule has 0 saturated carbocycles. The molecule has 2 saturated heterocycles. The van der Waals surface area contributed by atoms with Crippen molar-refractivity contribution in [1.82, 2.24) is 14.9 Å². The molecule has 1 N–H and O–H groups in total. The highest BCUT2D eigenvalue weighted by Crippen LogP contribution is 2.29. The normalized spacial score (nSPS) is 30.1. The predicted octanol–water partition coefficient (Wildman–Crippen LogP) is 1.89. The van der Waals surface area contributed by atoms with Gasteiger partial charge in [-0.05, 0) is 33.1 Å². The first-order valence-corrected chi connectivity index (χ1v) is 10.1. The quantitative estimate of drug-likeness (QED) is 0.834. The Balaban J connectivity index is 1.69. The lowest BCUT2D eigenvalue weighted by atomic mass is 9.96. The molecule has 0 aliphatic carbocycles. The van der Waals surface area contributed by atoms with E-state index in [-0.39, 0.29) is 18.8 Å². The molecule has 0 spiro atoms. The summed E-state index contributed by atoms with van der Waals surface area (Å²) >= 11 is 0. The summed E-state index contributed by atoms with van der Waals surface area (Å²) in [6, 6.07) is 2.08. The molecule has 4 atom stereocenters. The van der Waals surface area contributed by atoms with Crippen LogP contribution in [0.5, 0.6) is 0 Å². The van der Waals surface area contributed by atoms with Crippen LogP contribution >= 0.6 is 0 Å². The van der Waals surface area contributed by atoms with E-state index in [2.05, 4.69) is 41.6 Å². The van der Waals surface area contributed by atoms with Crippen molar-refractivity contribution in [3.8, 4) is 0 Å². The second-order valence-electron chi connectivity index (χ2n) is 8.12. The number of anilines is 1. The van der Waals surface area contributed by atoms with E-state index < -0.39 is 0 Å². The van der Waals surface area contributed by atoms with E-state index in [9.17, 15) is 5.11 Å². The molecule has 2 aliphatic heterocycles. The van der Waals surface area contributed by atoms with Crippen molar-refractivity contribution in [2.24, 2.45) is 11.8 Å². The Morgan fingerprint density at radius 1 is 1.12 bits per heavy atom. The van der Waals surface area contributed by atoms with Crippen LogP contribution in [0.3, 0.4) is 0 Å². The van der Waals surface area contributed by atoms with Gasteiger partial charge in [-0.2, -0.15) is 0 Å². The van der Waals surface area contributed by atoms with Crippen LogP contribution in [0.25, 0.3) is 0 Å². The van der Waals surface area contributed by atoms with Gasteiger partial charge in [0.05, 0.1) is 12.2 Å². The van der Waals surface area contributed by atoms with Gasteiger partial charge in [-0.15, -0.1) is 0 Å². The van der Waals surface area contributed by atoms with Gasteiger partial charge >= 0.3 is 0 Å². The lowest BCUT2D eigenvalue weighted by molar-refractivity contribution is -0.0725. The second-order valence-corrected chi connectivity index (χ2v) is 8.12. The Labute approximate surface area is 157 Å². The van der Waals surface area contributed by atoms with Crippen molar-refractivity contribution in [1.29, 1.82) is 0 Å². The van der Waals surface area contributed by atoms with E-state index in [4.69, 9.17) is 9.72 Å². The zero-order chi connectivity index (χ0) is 18.7. The fraction of sp³-hybridized carbons (Fsp3) is 0.800. The molecule has 0 amide bonds. The van der Waals surface area contributed by atoms with Crippen LogP contribution < -0.4 is 4.90 Å². The van der Waals surface area contributed by atoms with Gasteiger partial charge in [0.15, 0.2) is 0 Å². The van der Waals surface area contributed by atoms with Gasteiger partial charge < -0.3 is 14.7 Å². The molecular weight excluding hydrogens is 328 g/mol.